The molecule has 1 fully saturated rings. The molecule has 1 aromatic heterocycles. The van der Waals surface area contributed by atoms with E-state index in [0.29, 0.717) is 6.10 Å². The predicted molar refractivity (Wildman–Crippen MR) is 117 cm³/mol. The van der Waals surface area contributed by atoms with Crippen molar-refractivity contribution in [2.75, 3.05) is 33.3 Å². The first kappa shape index (κ1) is 21.0. The summed E-state index contributed by atoms with van der Waals surface area (Å²) < 4.78 is 7.99. The van der Waals surface area contributed by atoms with E-state index in [9.17, 15) is 0 Å². The van der Waals surface area contributed by atoms with Gasteiger partial charge in [-0.25, -0.2) is 4.98 Å². The van der Waals surface area contributed by atoms with Gasteiger partial charge in [0.25, 0.3) is 0 Å². The Labute approximate surface area is 173 Å². The molecule has 1 saturated heterocycles. The maximum Gasteiger partial charge on any atom is 0.193 e. The number of nitrogens with one attached hydrogen (secondary N) is 1. The average molecular weight is 471 g/mol. The number of likely N-dealkylation sites (tertiary alicyclic amines) is 1. The lowest BCUT2D eigenvalue weighted by Gasteiger charge is -2.34. The van der Waals surface area contributed by atoms with Gasteiger partial charge in [-0.3, -0.25) is 4.99 Å². The standard InChI is InChI=1S/C19H29N5O.HI/c1-4-25-16-9-12-23(13-10-16)19(20-3)21-11-14-24-15(2)22-17-7-5-6-8-18(17)24;/h5-8,16H,4,9-14H2,1-3H3,(H,20,21);1H. The van der Waals surface area contributed by atoms with Crippen LogP contribution >= 0.6 is 24.0 Å². The number of ether oxygens (including phenoxy) is 1. The van der Waals surface area contributed by atoms with E-state index < -0.39 is 0 Å². The summed E-state index contributed by atoms with van der Waals surface area (Å²) in [6.45, 7) is 8.63. The van der Waals surface area contributed by atoms with Crippen LogP contribution in [0.4, 0.5) is 0 Å². The minimum atomic E-state index is 0. The maximum atomic E-state index is 5.73. The van der Waals surface area contributed by atoms with Crippen LogP contribution in [0.2, 0.25) is 0 Å². The van der Waals surface area contributed by atoms with Gasteiger partial charge in [0.1, 0.15) is 5.82 Å². The van der Waals surface area contributed by atoms with Gasteiger partial charge in [0.15, 0.2) is 5.96 Å². The van der Waals surface area contributed by atoms with E-state index in [2.05, 4.69) is 56.8 Å². The molecule has 144 valence electrons. The SMILES string of the molecule is CCOC1CCN(C(=NC)NCCn2c(C)nc3ccccc32)CC1.I. The molecule has 0 spiro atoms. The zero-order valence-corrected chi connectivity index (χ0v) is 18.3. The lowest BCUT2D eigenvalue weighted by molar-refractivity contribution is 0.0264. The highest BCUT2D eigenvalue weighted by molar-refractivity contribution is 14.0. The van der Waals surface area contributed by atoms with E-state index in [0.717, 1.165) is 62.9 Å². The number of aromatic nitrogens is 2. The molecule has 2 aromatic rings. The second-order valence-electron chi connectivity index (χ2n) is 6.42. The smallest absolute Gasteiger partial charge is 0.193 e. The van der Waals surface area contributed by atoms with Gasteiger partial charge in [-0.05, 0) is 38.8 Å². The van der Waals surface area contributed by atoms with Crippen LogP contribution in [0, 0.1) is 6.92 Å². The number of hydrogen-bond donors (Lipinski definition) is 1. The van der Waals surface area contributed by atoms with Crippen LogP contribution in [0.5, 0.6) is 0 Å². The van der Waals surface area contributed by atoms with Crippen LogP contribution in [-0.2, 0) is 11.3 Å². The summed E-state index contributed by atoms with van der Waals surface area (Å²) in [5.41, 5.74) is 2.25. The molecule has 6 nitrogen and oxygen atoms in total. The number of para-hydroxylation sites is 2. The molecule has 3 rings (SSSR count). The Morgan fingerprint density at radius 3 is 2.73 bits per heavy atom. The monoisotopic (exact) mass is 471 g/mol. The molecule has 26 heavy (non-hydrogen) atoms. The summed E-state index contributed by atoms with van der Waals surface area (Å²) in [5.74, 6) is 2.03. The Bertz CT molecular complexity index is 722. The zero-order chi connectivity index (χ0) is 17.6. The summed E-state index contributed by atoms with van der Waals surface area (Å²) in [6.07, 6.45) is 2.54. The molecule has 2 heterocycles. The number of hydrogen-bond acceptors (Lipinski definition) is 3. The number of benzene rings is 1. The third-order valence-corrected chi connectivity index (χ3v) is 4.82. The number of guanidine groups is 1. The molecule has 0 unspecified atom stereocenters. The average Bonchev–Trinajstić information content (AvgIpc) is 2.95. The Balaban J connectivity index is 0.00000243. The van der Waals surface area contributed by atoms with E-state index >= 15 is 0 Å². The van der Waals surface area contributed by atoms with Crippen molar-refractivity contribution in [1.82, 2.24) is 19.8 Å². The second-order valence-corrected chi connectivity index (χ2v) is 6.42. The van der Waals surface area contributed by atoms with E-state index in [1.807, 2.05) is 13.1 Å². The molecular weight excluding hydrogens is 441 g/mol. The van der Waals surface area contributed by atoms with Gasteiger partial charge in [-0.1, -0.05) is 12.1 Å². The van der Waals surface area contributed by atoms with Crippen molar-refractivity contribution in [3.8, 4) is 0 Å². The lowest BCUT2D eigenvalue weighted by atomic mass is 10.1. The third-order valence-electron chi connectivity index (χ3n) is 4.82. The summed E-state index contributed by atoms with van der Waals surface area (Å²) in [7, 11) is 1.86. The van der Waals surface area contributed by atoms with Crippen LogP contribution in [-0.4, -0.2) is 59.8 Å². The largest absolute Gasteiger partial charge is 0.378 e. The topological polar surface area (TPSA) is 54.7 Å². The van der Waals surface area contributed by atoms with Gasteiger partial charge < -0.3 is 19.5 Å². The second kappa shape index (κ2) is 10.1. The van der Waals surface area contributed by atoms with Crippen LogP contribution in [0.15, 0.2) is 29.3 Å². The first-order valence-corrected chi connectivity index (χ1v) is 9.22. The highest BCUT2D eigenvalue weighted by Crippen LogP contribution is 2.15. The number of halogens is 1. The molecule has 0 radical (unpaired) electrons. The summed E-state index contributed by atoms with van der Waals surface area (Å²) in [5, 5.41) is 3.50. The van der Waals surface area contributed by atoms with Gasteiger partial charge in [-0.15, -0.1) is 24.0 Å². The van der Waals surface area contributed by atoms with Gasteiger partial charge >= 0.3 is 0 Å². The number of piperidine rings is 1. The molecule has 1 aliphatic rings. The highest BCUT2D eigenvalue weighted by Gasteiger charge is 2.21. The fourth-order valence-corrected chi connectivity index (χ4v) is 3.56. The van der Waals surface area contributed by atoms with Crippen molar-refractivity contribution < 1.29 is 4.74 Å². The minimum absolute atomic E-state index is 0. The van der Waals surface area contributed by atoms with Crippen LogP contribution in [0.1, 0.15) is 25.6 Å². The van der Waals surface area contributed by atoms with Crippen molar-refractivity contribution >= 4 is 41.0 Å². The molecule has 0 amide bonds. The Hall–Kier alpha value is -1.35. The molecule has 7 heteroatoms. The Morgan fingerprint density at radius 2 is 2.04 bits per heavy atom. The van der Waals surface area contributed by atoms with Crippen molar-refractivity contribution in [1.29, 1.82) is 0 Å². The first-order chi connectivity index (χ1) is 12.2. The molecule has 1 aliphatic heterocycles. The third kappa shape index (κ3) is 4.88. The number of nitrogens with zero attached hydrogens (tertiary/aromatic N) is 4. The summed E-state index contributed by atoms with van der Waals surface area (Å²) in [4.78, 5) is 11.4. The molecule has 0 aliphatic carbocycles. The molecule has 1 N–H and O–H groups in total. The van der Waals surface area contributed by atoms with Crippen molar-refractivity contribution in [3.63, 3.8) is 0 Å². The van der Waals surface area contributed by atoms with Gasteiger partial charge in [0.05, 0.1) is 17.1 Å². The number of aliphatic imine (C=N–C) groups is 1. The van der Waals surface area contributed by atoms with E-state index in [4.69, 9.17) is 4.74 Å². The fourth-order valence-electron chi connectivity index (χ4n) is 3.56. The number of aryl methyl sites for hydroxylation is 1. The van der Waals surface area contributed by atoms with E-state index in [1.165, 1.54) is 5.52 Å². The quantitative estimate of drug-likeness (QED) is 0.414. The fraction of sp³-hybridized carbons (Fsp3) is 0.579. The maximum absolute atomic E-state index is 5.73. The van der Waals surface area contributed by atoms with E-state index in [1.54, 1.807) is 0 Å². The van der Waals surface area contributed by atoms with Crippen LogP contribution in [0.25, 0.3) is 11.0 Å². The van der Waals surface area contributed by atoms with Crippen molar-refractivity contribution in [2.24, 2.45) is 4.99 Å². The summed E-state index contributed by atoms with van der Waals surface area (Å²) >= 11 is 0. The minimum Gasteiger partial charge on any atom is -0.378 e. The highest BCUT2D eigenvalue weighted by atomic mass is 127. The van der Waals surface area contributed by atoms with Crippen LogP contribution in [0.3, 0.4) is 0 Å². The zero-order valence-electron chi connectivity index (χ0n) is 15.9. The lowest BCUT2D eigenvalue weighted by Crippen LogP contribution is -2.47. The molecule has 0 bridgehead atoms. The van der Waals surface area contributed by atoms with Gasteiger partial charge in [-0.2, -0.15) is 0 Å². The van der Waals surface area contributed by atoms with Crippen molar-refractivity contribution in [3.05, 3.63) is 30.1 Å². The molecule has 0 saturated carbocycles. The number of fused-ring (bicyclic) bond motifs is 1. The Kier molecular flexibility index (Phi) is 8.15. The first-order valence-electron chi connectivity index (χ1n) is 9.22. The van der Waals surface area contributed by atoms with Gasteiger partial charge in [0.2, 0.25) is 0 Å². The van der Waals surface area contributed by atoms with Gasteiger partial charge in [0, 0.05) is 39.8 Å². The normalized spacial score (nSPS) is 16.0. The van der Waals surface area contributed by atoms with Crippen LogP contribution < -0.4 is 5.32 Å². The van der Waals surface area contributed by atoms with E-state index in [-0.39, 0.29) is 24.0 Å². The Morgan fingerprint density at radius 1 is 1.31 bits per heavy atom. The number of rotatable bonds is 5. The molecular formula is C19H30IN5O. The number of imidazole rings is 1. The predicted octanol–water partition coefficient (Wildman–Crippen LogP) is 3.04. The molecule has 0 atom stereocenters. The molecule has 1 aromatic carbocycles. The summed E-state index contributed by atoms with van der Waals surface area (Å²) in [6, 6.07) is 8.29. The van der Waals surface area contributed by atoms with Crippen molar-refractivity contribution in [2.45, 2.75) is 39.3 Å².